The van der Waals surface area contributed by atoms with Crippen LogP contribution in [0.4, 0.5) is 11.4 Å². The molecule has 1 spiro atoms. The van der Waals surface area contributed by atoms with Crippen LogP contribution in [0.3, 0.4) is 0 Å². The lowest BCUT2D eigenvalue weighted by Gasteiger charge is -2.43. The van der Waals surface area contributed by atoms with Crippen molar-refractivity contribution in [2.75, 3.05) is 9.80 Å². The minimum atomic E-state index is -0.648. The molecule has 0 N–H and O–H groups in total. The molecule has 1 aliphatic heterocycles. The van der Waals surface area contributed by atoms with Crippen molar-refractivity contribution in [2.45, 2.75) is 38.6 Å². The fraction of sp³-hybridized carbons (Fsp3) is 0.240. The molecule has 5 rings (SSSR count). The fourth-order valence-corrected chi connectivity index (χ4v) is 5.06. The monoisotopic (exact) mass is 439 g/mol. The first-order valence-corrected chi connectivity index (χ1v) is 10.9. The Kier molecular flexibility index (Phi) is 4.75. The Morgan fingerprint density at radius 3 is 2.44 bits per heavy atom. The summed E-state index contributed by atoms with van der Waals surface area (Å²) < 4.78 is 0. The molecule has 0 unspecified atom stereocenters. The Labute approximate surface area is 192 Å². The Balaban J connectivity index is 1.53. The molecule has 158 valence electrons. The maximum Gasteiger partial charge on any atom is 0.259 e. The van der Waals surface area contributed by atoms with Gasteiger partial charge in [0.2, 0.25) is 0 Å². The van der Waals surface area contributed by atoms with E-state index in [-0.39, 0.29) is 5.91 Å². The van der Waals surface area contributed by atoms with Gasteiger partial charge in [-0.3, -0.25) is 14.7 Å². The minimum Gasteiger partial charge on any atom is -0.303 e. The van der Waals surface area contributed by atoms with Gasteiger partial charge in [0.1, 0.15) is 17.3 Å². The van der Waals surface area contributed by atoms with Crippen molar-refractivity contribution in [3.05, 3.63) is 71.8 Å². The van der Waals surface area contributed by atoms with Gasteiger partial charge in [-0.25, -0.2) is 4.98 Å². The van der Waals surface area contributed by atoms with Gasteiger partial charge in [0.15, 0.2) is 5.11 Å². The number of rotatable bonds is 3. The first kappa shape index (κ1) is 20.3. The van der Waals surface area contributed by atoms with E-state index in [1.54, 1.807) is 23.4 Å². The number of aryl methyl sites for hydroxylation is 2. The smallest absolute Gasteiger partial charge is 0.259 e. The third-order valence-corrected chi connectivity index (χ3v) is 6.83. The number of benzene rings is 1. The van der Waals surface area contributed by atoms with Crippen molar-refractivity contribution in [1.29, 1.82) is 5.26 Å². The van der Waals surface area contributed by atoms with E-state index in [1.165, 1.54) is 0 Å². The van der Waals surface area contributed by atoms with E-state index in [0.717, 1.165) is 47.3 Å². The molecule has 2 fully saturated rings. The van der Waals surface area contributed by atoms with Crippen LogP contribution in [-0.4, -0.2) is 26.5 Å². The molecule has 3 aromatic rings. The van der Waals surface area contributed by atoms with Crippen molar-refractivity contribution in [1.82, 2.24) is 9.97 Å². The zero-order valence-electron chi connectivity index (χ0n) is 17.9. The zero-order valence-corrected chi connectivity index (χ0v) is 18.7. The highest BCUT2D eigenvalue weighted by molar-refractivity contribution is 7.81. The standard InChI is InChI=1S/C25H21N5OS/c1-16-13-20(15-28-22(16)14-26)29-23(31)25(10-4-11-25)30(24(29)32)19-8-6-18(7-9-19)21-5-3-12-27-17(21)2/h3,5-9,12-13,15H,4,10-11H2,1-2H3. The van der Waals surface area contributed by atoms with E-state index in [0.29, 0.717) is 16.5 Å². The maximum absolute atomic E-state index is 13.6. The number of hydrogen-bond donors (Lipinski definition) is 0. The van der Waals surface area contributed by atoms with Crippen LogP contribution in [0.1, 0.15) is 36.2 Å². The molecule has 1 aliphatic carbocycles. The van der Waals surface area contributed by atoms with E-state index in [9.17, 15) is 10.1 Å². The zero-order chi connectivity index (χ0) is 22.5. The predicted octanol–water partition coefficient (Wildman–Crippen LogP) is 4.69. The van der Waals surface area contributed by atoms with Crippen LogP contribution in [-0.2, 0) is 4.79 Å². The second kappa shape index (κ2) is 7.50. The molecular formula is C25H21N5OS. The fourth-order valence-electron chi connectivity index (χ4n) is 4.59. The van der Waals surface area contributed by atoms with Gasteiger partial charge in [-0.15, -0.1) is 0 Å². The lowest BCUT2D eigenvalue weighted by molar-refractivity contribution is -0.123. The van der Waals surface area contributed by atoms with E-state index >= 15 is 0 Å². The van der Waals surface area contributed by atoms with Crippen molar-refractivity contribution < 1.29 is 4.79 Å². The highest BCUT2D eigenvalue weighted by Gasteiger charge is 2.59. The number of carbonyl (C=O) groups excluding carboxylic acids is 1. The molecule has 2 aromatic heterocycles. The number of pyridine rings is 2. The molecule has 0 bridgehead atoms. The predicted molar refractivity (Wildman–Crippen MR) is 127 cm³/mol. The van der Waals surface area contributed by atoms with Crippen molar-refractivity contribution >= 4 is 34.6 Å². The largest absolute Gasteiger partial charge is 0.303 e. The molecule has 7 heteroatoms. The lowest BCUT2D eigenvalue weighted by atomic mass is 9.75. The molecule has 2 aliphatic rings. The van der Waals surface area contributed by atoms with E-state index < -0.39 is 5.54 Å². The molecule has 1 saturated heterocycles. The maximum atomic E-state index is 13.6. The third-order valence-electron chi connectivity index (χ3n) is 6.46. The van der Waals surface area contributed by atoms with Crippen LogP contribution < -0.4 is 9.80 Å². The summed E-state index contributed by atoms with van der Waals surface area (Å²) in [6.45, 7) is 3.81. The number of aromatic nitrogens is 2. The summed E-state index contributed by atoms with van der Waals surface area (Å²) >= 11 is 5.83. The number of nitriles is 1. The van der Waals surface area contributed by atoms with Crippen LogP contribution in [0, 0.1) is 25.2 Å². The Morgan fingerprint density at radius 2 is 1.84 bits per heavy atom. The highest BCUT2D eigenvalue weighted by Crippen LogP contribution is 2.48. The number of hydrogen-bond acceptors (Lipinski definition) is 5. The van der Waals surface area contributed by atoms with Gasteiger partial charge in [-0.1, -0.05) is 18.2 Å². The summed E-state index contributed by atoms with van der Waals surface area (Å²) in [6.07, 6.45) is 5.84. The van der Waals surface area contributed by atoms with Crippen molar-refractivity contribution in [3.8, 4) is 17.2 Å². The first-order chi connectivity index (χ1) is 15.5. The van der Waals surface area contributed by atoms with Gasteiger partial charge in [-0.05, 0) is 80.7 Å². The van der Waals surface area contributed by atoms with E-state index in [1.807, 2.05) is 36.9 Å². The Hall–Kier alpha value is -3.63. The number of nitrogens with zero attached hydrogens (tertiary/aromatic N) is 5. The van der Waals surface area contributed by atoms with E-state index in [4.69, 9.17) is 12.2 Å². The normalized spacial score (nSPS) is 16.9. The minimum absolute atomic E-state index is 0.0214. The Bertz CT molecular complexity index is 1290. The van der Waals surface area contributed by atoms with Crippen LogP contribution in [0.15, 0.2) is 54.9 Å². The van der Waals surface area contributed by atoms with Gasteiger partial charge < -0.3 is 4.90 Å². The number of amides is 1. The third kappa shape index (κ3) is 2.91. The molecule has 32 heavy (non-hydrogen) atoms. The van der Waals surface area contributed by atoms with Gasteiger partial charge >= 0.3 is 0 Å². The van der Waals surface area contributed by atoms with Crippen LogP contribution in [0.2, 0.25) is 0 Å². The molecule has 3 heterocycles. The van der Waals surface area contributed by atoms with Crippen LogP contribution in [0.25, 0.3) is 11.1 Å². The lowest BCUT2D eigenvalue weighted by Crippen LogP contribution is -2.55. The highest BCUT2D eigenvalue weighted by atomic mass is 32.1. The van der Waals surface area contributed by atoms with Gasteiger partial charge in [0.05, 0.1) is 11.9 Å². The second-order valence-electron chi connectivity index (χ2n) is 8.30. The van der Waals surface area contributed by atoms with Gasteiger partial charge in [-0.2, -0.15) is 5.26 Å². The van der Waals surface area contributed by atoms with Crippen molar-refractivity contribution in [2.24, 2.45) is 0 Å². The van der Waals surface area contributed by atoms with Crippen molar-refractivity contribution in [3.63, 3.8) is 0 Å². The topological polar surface area (TPSA) is 73.1 Å². The first-order valence-electron chi connectivity index (χ1n) is 10.5. The van der Waals surface area contributed by atoms with Crippen LogP contribution >= 0.6 is 12.2 Å². The molecule has 1 amide bonds. The number of thiocarbonyl (C=S) groups is 1. The number of anilines is 2. The molecule has 1 saturated carbocycles. The summed E-state index contributed by atoms with van der Waals surface area (Å²) in [7, 11) is 0. The average Bonchev–Trinajstić information content (AvgIpc) is 3.01. The molecule has 0 atom stereocenters. The van der Waals surface area contributed by atoms with Gasteiger partial charge in [0.25, 0.3) is 5.91 Å². The summed E-state index contributed by atoms with van der Waals surface area (Å²) in [6, 6.07) is 16.0. The summed E-state index contributed by atoms with van der Waals surface area (Å²) in [4.78, 5) is 25.8. The van der Waals surface area contributed by atoms with E-state index in [2.05, 4.69) is 34.2 Å². The van der Waals surface area contributed by atoms with Gasteiger partial charge in [0, 0.05) is 23.1 Å². The molecular weight excluding hydrogens is 418 g/mol. The average molecular weight is 440 g/mol. The molecule has 1 aromatic carbocycles. The Morgan fingerprint density at radius 1 is 1.09 bits per heavy atom. The molecule has 0 radical (unpaired) electrons. The van der Waals surface area contributed by atoms with Crippen LogP contribution in [0.5, 0.6) is 0 Å². The summed E-state index contributed by atoms with van der Waals surface area (Å²) in [5.41, 5.74) is 5.05. The summed E-state index contributed by atoms with van der Waals surface area (Å²) in [5, 5.41) is 9.64. The molecule has 6 nitrogen and oxygen atoms in total. The number of carbonyl (C=O) groups is 1. The second-order valence-corrected chi connectivity index (χ2v) is 8.66. The SMILES string of the molecule is Cc1cc(N2C(=O)C3(CCC3)N(c3ccc(-c4cccnc4C)cc3)C2=S)cnc1C#N. The summed E-state index contributed by atoms with van der Waals surface area (Å²) in [5.74, 6) is -0.0214. The quantitative estimate of drug-likeness (QED) is 0.551.